The van der Waals surface area contributed by atoms with E-state index < -0.39 is 0 Å². The quantitative estimate of drug-likeness (QED) is 0.720. The third kappa shape index (κ3) is 3.57. The number of hydrogen-bond acceptors (Lipinski definition) is 4. The summed E-state index contributed by atoms with van der Waals surface area (Å²) in [6.45, 7) is 7.01. The average Bonchev–Trinajstić information content (AvgIpc) is 2.65. The minimum atomic E-state index is 0.143. The van der Waals surface area contributed by atoms with Crippen LogP contribution in [0.3, 0.4) is 0 Å². The van der Waals surface area contributed by atoms with Crippen LogP contribution in [-0.4, -0.2) is 91.5 Å². The summed E-state index contributed by atoms with van der Waals surface area (Å²) in [4.78, 5) is 18.3. The van der Waals surface area contributed by atoms with Crippen molar-refractivity contribution in [1.82, 2.24) is 14.7 Å². The third-order valence-corrected chi connectivity index (χ3v) is 3.56. The Kier molecular flexibility index (Phi) is 5.22. The van der Waals surface area contributed by atoms with Gasteiger partial charge >= 0.3 is 6.03 Å². The van der Waals surface area contributed by atoms with Crippen molar-refractivity contribution >= 4 is 6.03 Å². The molecule has 2 aliphatic rings. The zero-order valence-electron chi connectivity index (χ0n) is 10.9. The molecule has 2 amide bonds. The van der Waals surface area contributed by atoms with E-state index in [1.54, 1.807) is 0 Å². The van der Waals surface area contributed by atoms with E-state index in [-0.39, 0.29) is 12.6 Å². The third-order valence-electron chi connectivity index (χ3n) is 3.56. The van der Waals surface area contributed by atoms with Crippen molar-refractivity contribution in [2.45, 2.75) is 6.42 Å². The highest BCUT2D eigenvalue weighted by Crippen LogP contribution is 2.08. The zero-order chi connectivity index (χ0) is 12.8. The molecule has 0 saturated carbocycles. The van der Waals surface area contributed by atoms with E-state index in [9.17, 15) is 4.79 Å². The van der Waals surface area contributed by atoms with E-state index in [0.29, 0.717) is 32.8 Å². The summed E-state index contributed by atoms with van der Waals surface area (Å²) in [7, 11) is 0. The molecule has 6 heteroatoms. The molecule has 2 aliphatic heterocycles. The number of hydrogen-bond donors (Lipinski definition) is 1. The van der Waals surface area contributed by atoms with E-state index >= 15 is 0 Å². The van der Waals surface area contributed by atoms with Gasteiger partial charge in [-0.2, -0.15) is 0 Å². The molecule has 0 unspecified atom stereocenters. The van der Waals surface area contributed by atoms with Crippen LogP contribution in [0.5, 0.6) is 0 Å². The second-order valence-corrected chi connectivity index (χ2v) is 4.79. The van der Waals surface area contributed by atoms with Crippen molar-refractivity contribution in [2.75, 3.05) is 65.6 Å². The topological polar surface area (TPSA) is 56.2 Å². The van der Waals surface area contributed by atoms with Crippen LogP contribution in [0.15, 0.2) is 0 Å². The van der Waals surface area contributed by atoms with Crippen LogP contribution >= 0.6 is 0 Å². The standard InChI is InChI=1S/C12H23N3O3/c16-9-6-13-2-1-3-14(5-4-13)12(17)15-7-10-18-11-8-15/h16H,1-11H2. The molecule has 2 saturated heterocycles. The largest absolute Gasteiger partial charge is 0.395 e. The van der Waals surface area contributed by atoms with Crippen LogP contribution in [0.25, 0.3) is 0 Å². The Labute approximate surface area is 108 Å². The van der Waals surface area contributed by atoms with Gasteiger partial charge < -0.3 is 19.6 Å². The maximum absolute atomic E-state index is 12.3. The normalized spacial score (nSPS) is 22.9. The van der Waals surface area contributed by atoms with Crippen LogP contribution in [0, 0.1) is 0 Å². The Balaban J connectivity index is 1.82. The van der Waals surface area contributed by atoms with Crippen molar-refractivity contribution in [3.63, 3.8) is 0 Å². The minimum Gasteiger partial charge on any atom is -0.395 e. The molecule has 0 aromatic carbocycles. The molecule has 0 atom stereocenters. The number of aliphatic hydroxyl groups is 1. The fourth-order valence-electron chi connectivity index (χ4n) is 2.48. The van der Waals surface area contributed by atoms with Crippen LogP contribution < -0.4 is 0 Å². The molecular formula is C12H23N3O3. The molecule has 2 fully saturated rings. The molecule has 1 N–H and O–H groups in total. The highest BCUT2D eigenvalue weighted by molar-refractivity contribution is 5.74. The molecule has 0 spiro atoms. The molecule has 104 valence electrons. The van der Waals surface area contributed by atoms with Crippen molar-refractivity contribution in [3.8, 4) is 0 Å². The molecule has 0 radical (unpaired) electrons. The van der Waals surface area contributed by atoms with Crippen molar-refractivity contribution in [1.29, 1.82) is 0 Å². The molecular weight excluding hydrogens is 234 g/mol. The number of β-amino-alcohol motifs (C(OH)–C–C–N with tert-alkyl or cyclic N) is 1. The predicted octanol–water partition coefficient (Wildman–Crippen LogP) is -0.561. The van der Waals surface area contributed by atoms with Gasteiger partial charge in [0.1, 0.15) is 0 Å². The fraction of sp³-hybridized carbons (Fsp3) is 0.917. The number of urea groups is 1. The highest BCUT2D eigenvalue weighted by Gasteiger charge is 2.24. The Bertz CT molecular complexity index is 269. The number of aliphatic hydroxyl groups excluding tert-OH is 1. The molecule has 6 nitrogen and oxygen atoms in total. The molecule has 2 rings (SSSR count). The van der Waals surface area contributed by atoms with Crippen LogP contribution in [-0.2, 0) is 4.74 Å². The Morgan fingerprint density at radius 3 is 2.44 bits per heavy atom. The summed E-state index contributed by atoms with van der Waals surface area (Å²) in [5.74, 6) is 0. The smallest absolute Gasteiger partial charge is 0.320 e. The SMILES string of the molecule is O=C(N1CCOCC1)N1CCCN(CCO)CC1. The molecule has 0 bridgehead atoms. The number of rotatable bonds is 2. The van der Waals surface area contributed by atoms with Crippen LogP contribution in [0.4, 0.5) is 4.79 Å². The lowest BCUT2D eigenvalue weighted by Crippen LogP contribution is -2.49. The van der Waals surface area contributed by atoms with E-state index in [1.807, 2.05) is 9.80 Å². The summed E-state index contributed by atoms with van der Waals surface area (Å²) in [6.07, 6.45) is 0.982. The first-order valence-corrected chi connectivity index (χ1v) is 6.76. The summed E-state index contributed by atoms with van der Waals surface area (Å²) >= 11 is 0. The van der Waals surface area contributed by atoms with Gasteiger partial charge in [-0.3, -0.25) is 4.90 Å². The lowest BCUT2D eigenvalue weighted by molar-refractivity contribution is 0.0435. The molecule has 0 aromatic heterocycles. The van der Waals surface area contributed by atoms with Gasteiger partial charge in [-0.25, -0.2) is 4.79 Å². The van der Waals surface area contributed by atoms with Crippen LogP contribution in [0.2, 0.25) is 0 Å². The maximum Gasteiger partial charge on any atom is 0.320 e. The van der Waals surface area contributed by atoms with Gasteiger partial charge in [0.25, 0.3) is 0 Å². The zero-order valence-corrected chi connectivity index (χ0v) is 10.9. The Hall–Kier alpha value is -0.850. The van der Waals surface area contributed by atoms with Gasteiger partial charge in [0.15, 0.2) is 0 Å². The minimum absolute atomic E-state index is 0.143. The van der Waals surface area contributed by atoms with Gasteiger partial charge in [0, 0.05) is 39.3 Å². The lowest BCUT2D eigenvalue weighted by atomic mass is 10.4. The number of carbonyl (C=O) groups excluding carboxylic acids is 1. The number of ether oxygens (including phenoxy) is 1. The average molecular weight is 257 g/mol. The van der Waals surface area contributed by atoms with Gasteiger partial charge in [-0.1, -0.05) is 0 Å². The first-order chi connectivity index (χ1) is 8.81. The first-order valence-electron chi connectivity index (χ1n) is 6.76. The Morgan fingerprint density at radius 1 is 1.00 bits per heavy atom. The summed E-state index contributed by atoms with van der Waals surface area (Å²) in [5, 5.41) is 8.94. The van der Waals surface area contributed by atoms with Gasteiger partial charge in [-0.15, -0.1) is 0 Å². The summed E-state index contributed by atoms with van der Waals surface area (Å²) in [6, 6.07) is 0.143. The monoisotopic (exact) mass is 257 g/mol. The van der Waals surface area contributed by atoms with Crippen molar-refractivity contribution < 1.29 is 14.6 Å². The number of carbonyl (C=O) groups is 1. The predicted molar refractivity (Wildman–Crippen MR) is 67.5 cm³/mol. The molecule has 2 heterocycles. The van der Waals surface area contributed by atoms with Crippen molar-refractivity contribution in [3.05, 3.63) is 0 Å². The van der Waals surface area contributed by atoms with Crippen molar-refractivity contribution in [2.24, 2.45) is 0 Å². The van der Waals surface area contributed by atoms with E-state index in [4.69, 9.17) is 9.84 Å². The van der Waals surface area contributed by atoms with E-state index in [1.165, 1.54) is 0 Å². The number of nitrogens with zero attached hydrogens (tertiary/aromatic N) is 3. The molecule has 18 heavy (non-hydrogen) atoms. The Morgan fingerprint density at radius 2 is 1.72 bits per heavy atom. The second kappa shape index (κ2) is 6.92. The van der Waals surface area contributed by atoms with Gasteiger partial charge in [-0.05, 0) is 13.0 Å². The second-order valence-electron chi connectivity index (χ2n) is 4.79. The first kappa shape index (κ1) is 13.6. The summed E-state index contributed by atoms with van der Waals surface area (Å²) in [5.41, 5.74) is 0. The molecule has 0 aromatic rings. The van der Waals surface area contributed by atoms with Gasteiger partial charge in [0.2, 0.25) is 0 Å². The van der Waals surface area contributed by atoms with Gasteiger partial charge in [0.05, 0.1) is 19.8 Å². The fourth-order valence-corrected chi connectivity index (χ4v) is 2.48. The number of amides is 2. The van der Waals surface area contributed by atoms with E-state index in [0.717, 1.165) is 32.6 Å². The molecule has 0 aliphatic carbocycles. The lowest BCUT2D eigenvalue weighted by Gasteiger charge is -2.32. The van der Waals surface area contributed by atoms with E-state index in [2.05, 4.69) is 4.90 Å². The number of morpholine rings is 1. The maximum atomic E-state index is 12.3. The summed E-state index contributed by atoms with van der Waals surface area (Å²) < 4.78 is 5.26. The van der Waals surface area contributed by atoms with Crippen LogP contribution in [0.1, 0.15) is 6.42 Å². The highest BCUT2D eigenvalue weighted by atomic mass is 16.5.